The molecular formula is C7H9ClN4. The zero-order valence-electron chi connectivity index (χ0n) is 6.47. The predicted molar refractivity (Wildman–Crippen MR) is 48.3 cm³/mol. The minimum atomic E-state index is 0.230. The Hall–Kier alpha value is -1.03. The highest BCUT2D eigenvalue weighted by Crippen LogP contribution is 2.25. The second-order valence-corrected chi connectivity index (χ2v) is 3.09. The zero-order valence-corrected chi connectivity index (χ0v) is 7.23. The third-order valence-electron chi connectivity index (χ3n) is 1.87. The van der Waals surface area contributed by atoms with E-state index in [9.17, 15) is 0 Å². The van der Waals surface area contributed by atoms with Crippen molar-refractivity contribution >= 4 is 23.4 Å². The number of hydrogen-bond donors (Lipinski definition) is 2. The van der Waals surface area contributed by atoms with Crippen LogP contribution in [-0.4, -0.2) is 16.5 Å². The molecule has 2 heterocycles. The molecule has 1 aliphatic heterocycles. The number of nitrogens with one attached hydrogen (secondary N) is 1. The average molecular weight is 185 g/mol. The number of nitrogen functional groups attached to an aromatic ring is 1. The van der Waals surface area contributed by atoms with Crippen molar-refractivity contribution < 1.29 is 0 Å². The summed E-state index contributed by atoms with van der Waals surface area (Å²) in [7, 11) is 0. The Balaban J connectivity index is 2.53. The van der Waals surface area contributed by atoms with Gasteiger partial charge in [0.05, 0.1) is 0 Å². The lowest BCUT2D eigenvalue weighted by molar-refractivity contribution is 0.811. The van der Waals surface area contributed by atoms with Crippen molar-refractivity contribution in [2.75, 3.05) is 17.6 Å². The normalized spacial score (nSPS) is 15.1. The van der Waals surface area contributed by atoms with Gasteiger partial charge in [-0.1, -0.05) is 11.6 Å². The van der Waals surface area contributed by atoms with Crippen molar-refractivity contribution in [1.29, 1.82) is 0 Å². The Kier molecular flexibility index (Phi) is 1.77. The van der Waals surface area contributed by atoms with Gasteiger partial charge in [0.15, 0.2) is 0 Å². The van der Waals surface area contributed by atoms with Crippen LogP contribution in [0.3, 0.4) is 0 Å². The van der Waals surface area contributed by atoms with E-state index in [1.165, 1.54) is 0 Å². The number of nitrogens with zero attached hydrogens (tertiary/aromatic N) is 2. The molecule has 0 saturated carbocycles. The number of fused-ring (bicyclic) bond motifs is 1. The molecule has 12 heavy (non-hydrogen) atoms. The summed E-state index contributed by atoms with van der Waals surface area (Å²) in [4.78, 5) is 7.92. The molecule has 0 saturated heterocycles. The van der Waals surface area contributed by atoms with Crippen molar-refractivity contribution in [2.24, 2.45) is 0 Å². The molecule has 0 aromatic carbocycles. The van der Waals surface area contributed by atoms with Crippen molar-refractivity contribution in [1.82, 2.24) is 9.97 Å². The van der Waals surface area contributed by atoms with E-state index in [1.54, 1.807) is 0 Å². The first-order chi connectivity index (χ1) is 5.77. The highest BCUT2D eigenvalue weighted by molar-refractivity contribution is 6.30. The number of hydrogen-bond acceptors (Lipinski definition) is 4. The van der Waals surface area contributed by atoms with Gasteiger partial charge in [0.1, 0.15) is 11.0 Å². The summed E-state index contributed by atoms with van der Waals surface area (Å²) in [6, 6.07) is 0. The summed E-state index contributed by atoms with van der Waals surface area (Å²) < 4.78 is 0. The first kappa shape index (κ1) is 7.61. The molecule has 0 fully saturated rings. The molecule has 1 aromatic heterocycles. The Morgan fingerprint density at radius 2 is 2.25 bits per heavy atom. The van der Waals surface area contributed by atoms with Crippen LogP contribution in [0.25, 0.3) is 0 Å². The van der Waals surface area contributed by atoms with E-state index in [0.29, 0.717) is 5.15 Å². The quantitative estimate of drug-likeness (QED) is 0.592. The van der Waals surface area contributed by atoms with E-state index < -0.39 is 0 Å². The summed E-state index contributed by atoms with van der Waals surface area (Å²) in [6.45, 7) is 0.930. The van der Waals surface area contributed by atoms with Crippen molar-refractivity contribution in [3.8, 4) is 0 Å². The van der Waals surface area contributed by atoms with E-state index in [4.69, 9.17) is 17.3 Å². The molecule has 5 heteroatoms. The Morgan fingerprint density at radius 3 is 3.08 bits per heavy atom. The minimum Gasteiger partial charge on any atom is -0.370 e. The highest BCUT2D eigenvalue weighted by atomic mass is 35.5. The van der Waals surface area contributed by atoms with Crippen LogP contribution >= 0.6 is 11.6 Å². The number of rotatable bonds is 0. The molecule has 2 rings (SSSR count). The summed E-state index contributed by atoms with van der Waals surface area (Å²) >= 11 is 5.88. The van der Waals surface area contributed by atoms with Gasteiger partial charge in [-0.25, -0.2) is 4.98 Å². The van der Waals surface area contributed by atoms with Crippen LogP contribution in [0.2, 0.25) is 5.15 Å². The monoisotopic (exact) mass is 184 g/mol. The second-order valence-electron chi connectivity index (χ2n) is 2.73. The molecule has 0 atom stereocenters. The summed E-state index contributed by atoms with van der Waals surface area (Å²) in [5, 5.41) is 3.61. The molecule has 3 N–H and O–H groups in total. The van der Waals surface area contributed by atoms with Crippen LogP contribution in [0, 0.1) is 0 Å². The van der Waals surface area contributed by atoms with Crippen molar-refractivity contribution in [2.45, 2.75) is 12.8 Å². The van der Waals surface area contributed by atoms with Crippen LogP contribution in [0.1, 0.15) is 12.0 Å². The number of aromatic nitrogens is 2. The zero-order chi connectivity index (χ0) is 8.55. The van der Waals surface area contributed by atoms with Gasteiger partial charge in [-0.2, -0.15) is 4.98 Å². The topological polar surface area (TPSA) is 63.8 Å². The lowest BCUT2D eigenvalue weighted by Crippen LogP contribution is -2.15. The smallest absolute Gasteiger partial charge is 0.223 e. The standard InChI is InChI=1S/C7H9ClN4/c8-5-4-2-1-3-10-6(4)12-7(9)11-5/h1-3H2,(H3,9,10,11,12). The first-order valence-electron chi connectivity index (χ1n) is 3.83. The minimum absolute atomic E-state index is 0.230. The number of anilines is 2. The third kappa shape index (κ3) is 1.18. The summed E-state index contributed by atoms with van der Waals surface area (Å²) in [5.74, 6) is 1.02. The summed E-state index contributed by atoms with van der Waals surface area (Å²) in [6.07, 6.45) is 2.00. The van der Waals surface area contributed by atoms with E-state index in [-0.39, 0.29) is 5.95 Å². The average Bonchev–Trinajstić information content (AvgIpc) is 2.04. The Labute approximate surface area is 75.2 Å². The highest BCUT2D eigenvalue weighted by Gasteiger charge is 2.14. The molecule has 64 valence electrons. The maximum absolute atomic E-state index is 5.88. The van der Waals surface area contributed by atoms with Gasteiger partial charge in [0.2, 0.25) is 5.95 Å². The second kappa shape index (κ2) is 2.79. The number of halogens is 1. The van der Waals surface area contributed by atoms with Crippen molar-refractivity contribution in [3.63, 3.8) is 0 Å². The molecule has 0 aliphatic carbocycles. The van der Waals surface area contributed by atoms with Crippen molar-refractivity contribution in [3.05, 3.63) is 10.7 Å². The van der Waals surface area contributed by atoms with E-state index >= 15 is 0 Å². The Bertz CT molecular complexity index is 313. The maximum atomic E-state index is 5.88. The Morgan fingerprint density at radius 1 is 1.42 bits per heavy atom. The fourth-order valence-electron chi connectivity index (χ4n) is 1.31. The molecule has 0 spiro atoms. The first-order valence-corrected chi connectivity index (χ1v) is 4.21. The molecule has 4 nitrogen and oxygen atoms in total. The van der Waals surface area contributed by atoms with Gasteiger partial charge in [-0.3, -0.25) is 0 Å². The fourth-order valence-corrected chi connectivity index (χ4v) is 1.58. The van der Waals surface area contributed by atoms with E-state index in [0.717, 1.165) is 30.8 Å². The van der Waals surface area contributed by atoms with E-state index in [1.807, 2.05) is 0 Å². The lowest BCUT2D eigenvalue weighted by atomic mass is 10.1. The predicted octanol–water partition coefficient (Wildman–Crippen LogP) is 1.07. The van der Waals surface area contributed by atoms with Gasteiger partial charge in [-0.15, -0.1) is 0 Å². The van der Waals surface area contributed by atoms with Crippen LogP contribution < -0.4 is 11.1 Å². The molecule has 0 unspecified atom stereocenters. The third-order valence-corrected chi connectivity index (χ3v) is 2.18. The van der Waals surface area contributed by atoms with Crippen LogP contribution in [-0.2, 0) is 6.42 Å². The van der Waals surface area contributed by atoms with E-state index in [2.05, 4.69) is 15.3 Å². The van der Waals surface area contributed by atoms with Gasteiger partial charge in [-0.05, 0) is 12.8 Å². The van der Waals surface area contributed by atoms with Gasteiger partial charge < -0.3 is 11.1 Å². The number of nitrogens with two attached hydrogens (primary N) is 1. The SMILES string of the molecule is Nc1nc(Cl)c2c(n1)NCCC2. The fraction of sp³-hybridized carbons (Fsp3) is 0.429. The molecular weight excluding hydrogens is 176 g/mol. The molecule has 1 aliphatic rings. The molecule has 1 aromatic rings. The maximum Gasteiger partial charge on any atom is 0.223 e. The van der Waals surface area contributed by atoms with Gasteiger partial charge >= 0.3 is 0 Å². The largest absolute Gasteiger partial charge is 0.370 e. The summed E-state index contributed by atoms with van der Waals surface area (Å²) in [5.41, 5.74) is 6.42. The molecule has 0 amide bonds. The van der Waals surface area contributed by atoms with Crippen LogP contribution in [0.15, 0.2) is 0 Å². The van der Waals surface area contributed by atoms with Crippen LogP contribution in [0.4, 0.5) is 11.8 Å². The van der Waals surface area contributed by atoms with Gasteiger partial charge in [0.25, 0.3) is 0 Å². The molecule has 0 bridgehead atoms. The van der Waals surface area contributed by atoms with Gasteiger partial charge in [0, 0.05) is 12.1 Å². The lowest BCUT2D eigenvalue weighted by Gasteiger charge is -2.17. The van der Waals surface area contributed by atoms with Crippen LogP contribution in [0.5, 0.6) is 0 Å². The molecule has 0 radical (unpaired) electrons.